The second kappa shape index (κ2) is 6.86. The third-order valence-corrected chi connectivity index (χ3v) is 3.07. The highest BCUT2D eigenvalue weighted by molar-refractivity contribution is 9.10. The van der Waals surface area contributed by atoms with Crippen LogP contribution in [0, 0.1) is 0 Å². The van der Waals surface area contributed by atoms with Crippen LogP contribution in [0.15, 0.2) is 58.1 Å². The van der Waals surface area contributed by atoms with Crippen molar-refractivity contribution < 1.29 is 9.53 Å². The Morgan fingerprint density at radius 3 is 2.65 bits per heavy atom. The van der Waals surface area contributed by atoms with E-state index in [1.807, 2.05) is 24.3 Å². The summed E-state index contributed by atoms with van der Waals surface area (Å²) < 4.78 is 5.99. The summed E-state index contributed by atoms with van der Waals surface area (Å²) in [6.07, 6.45) is 1.59. The van der Waals surface area contributed by atoms with E-state index < -0.39 is 0 Å². The van der Waals surface area contributed by atoms with E-state index in [2.05, 4.69) is 26.5 Å². The van der Waals surface area contributed by atoms with Crippen LogP contribution in [0.3, 0.4) is 0 Å². The molecule has 0 spiro atoms. The SMILES string of the molecule is COc1ccc(C(=O)N/N=C/c2cccc(Br)c2)cc1. The van der Waals surface area contributed by atoms with Gasteiger partial charge in [-0.2, -0.15) is 5.10 Å². The Balaban J connectivity index is 1.97. The lowest BCUT2D eigenvalue weighted by Gasteiger charge is -2.02. The first-order valence-electron chi connectivity index (χ1n) is 5.92. The number of amides is 1. The fourth-order valence-corrected chi connectivity index (χ4v) is 1.98. The number of halogens is 1. The molecule has 1 N–H and O–H groups in total. The van der Waals surface area contributed by atoms with Crippen molar-refractivity contribution in [3.05, 3.63) is 64.1 Å². The first kappa shape index (κ1) is 14.3. The van der Waals surface area contributed by atoms with Crippen molar-refractivity contribution in [3.8, 4) is 5.75 Å². The highest BCUT2D eigenvalue weighted by atomic mass is 79.9. The Kier molecular flexibility index (Phi) is 4.90. The number of nitrogens with one attached hydrogen (secondary N) is 1. The molecule has 0 aliphatic carbocycles. The molecule has 4 nitrogen and oxygen atoms in total. The summed E-state index contributed by atoms with van der Waals surface area (Å²) in [5, 5.41) is 3.92. The lowest BCUT2D eigenvalue weighted by molar-refractivity contribution is 0.0955. The topological polar surface area (TPSA) is 50.7 Å². The quantitative estimate of drug-likeness (QED) is 0.690. The third kappa shape index (κ3) is 3.93. The van der Waals surface area contributed by atoms with E-state index in [1.165, 1.54) is 0 Å². The minimum atomic E-state index is -0.265. The summed E-state index contributed by atoms with van der Waals surface area (Å²) >= 11 is 3.37. The molecule has 0 fully saturated rings. The highest BCUT2D eigenvalue weighted by Crippen LogP contribution is 2.11. The lowest BCUT2D eigenvalue weighted by atomic mass is 10.2. The van der Waals surface area contributed by atoms with E-state index in [-0.39, 0.29) is 5.91 Å². The molecule has 0 aliphatic heterocycles. The summed E-state index contributed by atoms with van der Waals surface area (Å²) in [5.41, 5.74) is 3.90. The average Bonchev–Trinajstić information content (AvgIpc) is 2.47. The summed E-state index contributed by atoms with van der Waals surface area (Å²) in [4.78, 5) is 11.8. The van der Waals surface area contributed by atoms with E-state index in [0.717, 1.165) is 10.0 Å². The number of carbonyl (C=O) groups excluding carboxylic acids is 1. The highest BCUT2D eigenvalue weighted by Gasteiger charge is 2.03. The Morgan fingerprint density at radius 1 is 1.25 bits per heavy atom. The third-order valence-electron chi connectivity index (χ3n) is 2.58. The largest absolute Gasteiger partial charge is 0.497 e. The smallest absolute Gasteiger partial charge is 0.271 e. The Morgan fingerprint density at radius 2 is 2.00 bits per heavy atom. The fraction of sp³-hybridized carbons (Fsp3) is 0.0667. The normalized spacial score (nSPS) is 10.5. The van der Waals surface area contributed by atoms with Crippen molar-refractivity contribution >= 4 is 28.1 Å². The van der Waals surface area contributed by atoms with Crippen LogP contribution in [0.1, 0.15) is 15.9 Å². The minimum absolute atomic E-state index is 0.265. The van der Waals surface area contributed by atoms with Gasteiger partial charge in [0.1, 0.15) is 5.75 Å². The summed E-state index contributed by atoms with van der Waals surface area (Å²) in [7, 11) is 1.58. The summed E-state index contributed by atoms with van der Waals surface area (Å²) in [5.74, 6) is 0.443. The maximum atomic E-state index is 11.8. The Hall–Kier alpha value is -2.14. The van der Waals surface area contributed by atoms with Gasteiger partial charge in [0.25, 0.3) is 5.91 Å². The predicted octanol–water partition coefficient (Wildman–Crippen LogP) is 3.22. The van der Waals surface area contributed by atoms with Gasteiger partial charge in [0, 0.05) is 10.0 Å². The molecule has 0 saturated heterocycles. The maximum absolute atomic E-state index is 11.8. The van der Waals surface area contributed by atoms with Crippen LogP contribution in [0.5, 0.6) is 5.75 Å². The predicted molar refractivity (Wildman–Crippen MR) is 82.2 cm³/mol. The molecule has 1 amide bonds. The molecule has 102 valence electrons. The van der Waals surface area contributed by atoms with Gasteiger partial charge in [-0.25, -0.2) is 5.43 Å². The molecule has 0 saturated carbocycles. The first-order chi connectivity index (χ1) is 9.69. The van der Waals surface area contributed by atoms with Crippen LogP contribution in [0.2, 0.25) is 0 Å². The molecule has 0 aromatic heterocycles. The molecule has 0 unspecified atom stereocenters. The molecule has 0 atom stereocenters. The number of carbonyl (C=O) groups is 1. The zero-order valence-electron chi connectivity index (χ0n) is 10.8. The number of hydrogen-bond donors (Lipinski definition) is 1. The lowest BCUT2D eigenvalue weighted by Crippen LogP contribution is -2.17. The van der Waals surface area contributed by atoms with Gasteiger partial charge in [-0.15, -0.1) is 0 Å². The van der Waals surface area contributed by atoms with Gasteiger partial charge >= 0.3 is 0 Å². The number of methoxy groups -OCH3 is 1. The standard InChI is InChI=1S/C15H13BrN2O2/c1-20-14-7-5-12(6-8-14)15(19)18-17-10-11-3-2-4-13(16)9-11/h2-10H,1H3,(H,18,19)/b17-10+. The van der Waals surface area contributed by atoms with Gasteiger partial charge in [0.05, 0.1) is 13.3 Å². The zero-order chi connectivity index (χ0) is 14.4. The van der Waals surface area contributed by atoms with Crippen molar-refractivity contribution in [1.29, 1.82) is 0 Å². The van der Waals surface area contributed by atoms with Crippen LogP contribution >= 0.6 is 15.9 Å². The minimum Gasteiger partial charge on any atom is -0.497 e. The fourth-order valence-electron chi connectivity index (χ4n) is 1.56. The number of rotatable bonds is 4. The summed E-state index contributed by atoms with van der Waals surface area (Å²) in [6.45, 7) is 0. The Labute approximate surface area is 125 Å². The molecule has 0 bridgehead atoms. The van der Waals surface area contributed by atoms with E-state index in [1.54, 1.807) is 37.6 Å². The van der Waals surface area contributed by atoms with Crippen molar-refractivity contribution in [2.75, 3.05) is 7.11 Å². The molecule has 5 heteroatoms. The van der Waals surface area contributed by atoms with Crippen molar-refractivity contribution in [2.45, 2.75) is 0 Å². The molecule has 0 aliphatic rings. The second-order valence-corrected chi connectivity index (χ2v) is 4.90. The monoisotopic (exact) mass is 332 g/mol. The summed E-state index contributed by atoms with van der Waals surface area (Å²) in [6, 6.07) is 14.5. The molecule has 2 rings (SSSR count). The van der Waals surface area contributed by atoms with Crippen molar-refractivity contribution in [2.24, 2.45) is 5.10 Å². The molecule has 2 aromatic rings. The van der Waals surface area contributed by atoms with Crippen LogP contribution in [-0.4, -0.2) is 19.2 Å². The number of hydrazone groups is 1. The van der Waals surface area contributed by atoms with Gasteiger partial charge in [0.2, 0.25) is 0 Å². The molecule has 20 heavy (non-hydrogen) atoms. The number of hydrogen-bond acceptors (Lipinski definition) is 3. The number of ether oxygens (including phenoxy) is 1. The van der Waals surface area contributed by atoms with Crippen LogP contribution < -0.4 is 10.2 Å². The van der Waals surface area contributed by atoms with Crippen molar-refractivity contribution in [3.63, 3.8) is 0 Å². The number of nitrogens with zero attached hydrogens (tertiary/aromatic N) is 1. The maximum Gasteiger partial charge on any atom is 0.271 e. The van der Waals surface area contributed by atoms with E-state index >= 15 is 0 Å². The molecular weight excluding hydrogens is 320 g/mol. The van der Waals surface area contributed by atoms with Gasteiger partial charge < -0.3 is 4.74 Å². The molecule has 2 aromatic carbocycles. The average molecular weight is 333 g/mol. The first-order valence-corrected chi connectivity index (χ1v) is 6.71. The van der Waals surface area contributed by atoms with Gasteiger partial charge in [0.15, 0.2) is 0 Å². The van der Waals surface area contributed by atoms with Gasteiger partial charge in [-0.3, -0.25) is 4.79 Å². The van der Waals surface area contributed by atoms with Crippen LogP contribution in [-0.2, 0) is 0 Å². The van der Waals surface area contributed by atoms with E-state index in [0.29, 0.717) is 11.3 Å². The molecular formula is C15H13BrN2O2. The van der Waals surface area contributed by atoms with Gasteiger partial charge in [-0.05, 0) is 42.0 Å². The number of benzene rings is 2. The van der Waals surface area contributed by atoms with Gasteiger partial charge in [-0.1, -0.05) is 28.1 Å². The molecule has 0 heterocycles. The molecule has 0 radical (unpaired) electrons. The zero-order valence-corrected chi connectivity index (χ0v) is 12.4. The van der Waals surface area contributed by atoms with Crippen LogP contribution in [0.4, 0.5) is 0 Å². The van der Waals surface area contributed by atoms with Crippen LogP contribution in [0.25, 0.3) is 0 Å². The second-order valence-electron chi connectivity index (χ2n) is 3.98. The Bertz CT molecular complexity index is 624. The van der Waals surface area contributed by atoms with E-state index in [4.69, 9.17) is 4.74 Å². The van der Waals surface area contributed by atoms with Crippen molar-refractivity contribution in [1.82, 2.24) is 5.43 Å². The van der Waals surface area contributed by atoms with E-state index in [9.17, 15) is 4.79 Å².